The Kier molecular flexibility index (Phi) is 3.25. The first kappa shape index (κ1) is 10.1. The van der Waals surface area contributed by atoms with Crippen LogP contribution < -0.4 is 5.32 Å². The van der Waals surface area contributed by atoms with Crippen LogP contribution in [0.1, 0.15) is 0 Å². The molecule has 2 aromatic heterocycles. The van der Waals surface area contributed by atoms with E-state index in [1.54, 1.807) is 18.8 Å². The Morgan fingerprint density at radius 3 is 3.27 bits per heavy atom. The van der Waals surface area contributed by atoms with Crippen LogP contribution in [0.3, 0.4) is 0 Å². The molecule has 0 unspecified atom stereocenters. The minimum absolute atomic E-state index is 0.399. The molecule has 15 heavy (non-hydrogen) atoms. The summed E-state index contributed by atoms with van der Waals surface area (Å²) >= 11 is 1.47. The molecule has 1 N–H and O–H groups in total. The van der Waals surface area contributed by atoms with Gasteiger partial charge in [-0.15, -0.1) is 11.3 Å². The fraction of sp³-hybridized carbons (Fsp3) is 0.375. The number of nitrogens with zero attached hydrogens (tertiary/aromatic N) is 3. The Bertz CT molecular complexity index is 400. The van der Waals surface area contributed by atoms with E-state index >= 15 is 0 Å². The zero-order valence-corrected chi connectivity index (χ0v) is 8.95. The van der Waals surface area contributed by atoms with Crippen LogP contribution in [0, 0.1) is 0 Å². The molecule has 0 saturated heterocycles. The van der Waals surface area contributed by atoms with Crippen molar-refractivity contribution in [1.29, 1.82) is 0 Å². The summed E-state index contributed by atoms with van der Waals surface area (Å²) in [5.41, 5.74) is 1.73. The van der Waals surface area contributed by atoms with Crippen molar-refractivity contribution in [3.8, 4) is 10.7 Å². The van der Waals surface area contributed by atoms with Crippen molar-refractivity contribution in [3.05, 3.63) is 11.7 Å². The molecule has 0 saturated carbocycles. The van der Waals surface area contributed by atoms with Gasteiger partial charge in [0.25, 0.3) is 0 Å². The Morgan fingerprint density at radius 1 is 1.60 bits per heavy atom. The number of nitrogens with one attached hydrogen (secondary N) is 1. The van der Waals surface area contributed by atoms with E-state index in [0.29, 0.717) is 25.0 Å². The number of anilines is 1. The lowest BCUT2D eigenvalue weighted by Gasteiger charge is -1.97. The van der Waals surface area contributed by atoms with E-state index in [4.69, 9.17) is 9.26 Å². The summed E-state index contributed by atoms with van der Waals surface area (Å²) < 4.78 is 9.87. The lowest BCUT2D eigenvalue weighted by molar-refractivity contribution is 0.210. The number of rotatable bonds is 5. The van der Waals surface area contributed by atoms with E-state index < -0.39 is 0 Å². The predicted octanol–water partition coefficient (Wildman–Crippen LogP) is 1.25. The number of ether oxygens (including phenoxy) is 1. The average molecular weight is 226 g/mol. The summed E-state index contributed by atoms with van der Waals surface area (Å²) in [5, 5.41) is 6.77. The molecule has 2 aromatic rings. The molecule has 0 fully saturated rings. The molecule has 0 radical (unpaired) electrons. The van der Waals surface area contributed by atoms with Gasteiger partial charge in [0.2, 0.25) is 5.82 Å². The molecule has 2 heterocycles. The highest BCUT2D eigenvalue weighted by atomic mass is 32.1. The van der Waals surface area contributed by atoms with E-state index in [9.17, 15) is 0 Å². The number of thiazole rings is 1. The van der Waals surface area contributed by atoms with E-state index in [-0.39, 0.29) is 0 Å². The molecule has 0 aliphatic rings. The zero-order chi connectivity index (χ0) is 10.5. The van der Waals surface area contributed by atoms with Crippen molar-refractivity contribution in [1.82, 2.24) is 15.1 Å². The Morgan fingerprint density at radius 2 is 2.53 bits per heavy atom. The maximum atomic E-state index is 4.99. The van der Waals surface area contributed by atoms with Gasteiger partial charge in [-0.2, -0.15) is 4.98 Å². The maximum Gasteiger partial charge on any atom is 0.321 e. The summed E-state index contributed by atoms with van der Waals surface area (Å²) in [5.74, 6) is 0.553. The van der Waals surface area contributed by atoms with Crippen molar-refractivity contribution in [3.63, 3.8) is 0 Å². The second kappa shape index (κ2) is 4.85. The number of hydrogen-bond acceptors (Lipinski definition) is 7. The van der Waals surface area contributed by atoms with Crippen LogP contribution in [0.15, 0.2) is 16.2 Å². The first-order valence-corrected chi connectivity index (χ1v) is 5.23. The highest BCUT2D eigenvalue weighted by Crippen LogP contribution is 2.20. The number of methoxy groups -OCH3 is 1. The summed E-state index contributed by atoms with van der Waals surface area (Å²) in [7, 11) is 1.64. The lowest BCUT2D eigenvalue weighted by Crippen LogP contribution is -2.07. The normalized spacial score (nSPS) is 10.5. The highest BCUT2D eigenvalue weighted by Gasteiger charge is 2.08. The van der Waals surface area contributed by atoms with Crippen molar-refractivity contribution < 1.29 is 9.26 Å². The minimum atomic E-state index is 0.399. The van der Waals surface area contributed by atoms with E-state index in [0.717, 1.165) is 4.88 Å². The van der Waals surface area contributed by atoms with Crippen LogP contribution in [-0.2, 0) is 4.74 Å². The van der Waals surface area contributed by atoms with Crippen LogP contribution in [0.25, 0.3) is 10.7 Å². The van der Waals surface area contributed by atoms with Gasteiger partial charge >= 0.3 is 6.01 Å². The van der Waals surface area contributed by atoms with Gasteiger partial charge in [0.15, 0.2) is 0 Å². The third kappa shape index (κ3) is 2.51. The van der Waals surface area contributed by atoms with E-state index in [1.165, 1.54) is 11.3 Å². The van der Waals surface area contributed by atoms with Crippen molar-refractivity contribution in [2.45, 2.75) is 0 Å². The summed E-state index contributed by atoms with van der Waals surface area (Å²) in [6.45, 7) is 1.24. The Labute approximate surface area is 90.3 Å². The van der Waals surface area contributed by atoms with Crippen LogP contribution in [0.5, 0.6) is 0 Å². The minimum Gasteiger partial charge on any atom is -0.383 e. The Balaban J connectivity index is 1.98. The monoisotopic (exact) mass is 226 g/mol. The second-order valence-electron chi connectivity index (χ2n) is 2.71. The average Bonchev–Trinajstić information content (AvgIpc) is 2.87. The molecule has 0 aliphatic carbocycles. The molecule has 0 bridgehead atoms. The zero-order valence-electron chi connectivity index (χ0n) is 8.14. The molecular weight excluding hydrogens is 216 g/mol. The second-order valence-corrected chi connectivity index (χ2v) is 3.59. The van der Waals surface area contributed by atoms with Crippen LogP contribution in [0.4, 0.5) is 6.01 Å². The van der Waals surface area contributed by atoms with Gasteiger partial charge in [0.1, 0.15) is 0 Å². The van der Waals surface area contributed by atoms with Crippen LogP contribution >= 0.6 is 11.3 Å². The number of hydrogen-bond donors (Lipinski definition) is 1. The third-order valence-corrected chi connectivity index (χ3v) is 2.43. The summed E-state index contributed by atoms with van der Waals surface area (Å²) in [6, 6.07) is 0.399. The molecule has 0 spiro atoms. The van der Waals surface area contributed by atoms with Gasteiger partial charge in [0.05, 0.1) is 17.0 Å². The van der Waals surface area contributed by atoms with Gasteiger partial charge in [-0.25, -0.2) is 0 Å². The fourth-order valence-electron chi connectivity index (χ4n) is 0.982. The van der Waals surface area contributed by atoms with Gasteiger partial charge in [-0.1, -0.05) is 5.16 Å². The molecule has 7 heteroatoms. The van der Waals surface area contributed by atoms with Crippen LogP contribution in [0.2, 0.25) is 0 Å². The summed E-state index contributed by atoms with van der Waals surface area (Å²) in [6.07, 6.45) is 1.70. The molecule has 2 rings (SSSR count). The Hall–Kier alpha value is -1.47. The molecule has 6 nitrogen and oxygen atoms in total. The molecule has 0 aliphatic heterocycles. The van der Waals surface area contributed by atoms with Crippen molar-refractivity contribution in [2.24, 2.45) is 0 Å². The first-order valence-electron chi connectivity index (χ1n) is 4.35. The maximum absolute atomic E-state index is 4.99. The molecular formula is C8H10N4O2S. The molecule has 0 amide bonds. The van der Waals surface area contributed by atoms with Crippen molar-refractivity contribution in [2.75, 3.05) is 25.6 Å². The smallest absolute Gasteiger partial charge is 0.321 e. The molecule has 80 valence electrons. The summed E-state index contributed by atoms with van der Waals surface area (Å²) in [4.78, 5) is 8.98. The molecule has 0 aromatic carbocycles. The topological polar surface area (TPSA) is 73.1 Å². The standard InChI is InChI=1S/C8H10N4O2S/c1-13-3-2-10-8-11-7(12-14-8)6-4-9-5-15-6/h4-5H,2-3H2,1H3,(H,10,11,12). The third-order valence-electron chi connectivity index (χ3n) is 1.66. The quantitative estimate of drug-likeness (QED) is 0.773. The van der Waals surface area contributed by atoms with Gasteiger partial charge in [-0.05, 0) is 0 Å². The van der Waals surface area contributed by atoms with E-state index in [2.05, 4.69) is 20.4 Å². The first-order chi connectivity index (χ1) is 7.40. The van der Waals surface area contributed by atoms with E-state index in [1.807, 2.05) is 0 Å². The van der Waals surface area contributed by atoms with Crippen molar-refractivity contribution >= 4 is 17.4 Å². The lowest BCUT2D eigenvalue weighted by atomic mass is 10.5. The number of aromatic nitrogens is 3. The van der Waals surface area contributed by atoms with Gasteiger partial charge in [0, 0.05) is 19.9 Å². The van der Waals surface area contributed by atoms with Crippen LogP contribution in [-0.4, -0.2) is 35.4 Å². The van der Waals surface area contributed by atoms with Gasteiger partial charge in [-0.3, -0.25) is 4.98 Å². The fourth-order valence-corrected chi connectivity index (χ4v) is 1.53. The van der Waals surface area contributed by atoms with Gasteiger partial charge < -0.3 is 14.6 Å². The largest absolute Gasteiger partial charge is 0.383 e. The highest BCUT2D eigenvalue weighted by molar-refractivity contribution is 7.13. The SMILES string of the molecule is COCCNc1nc(-c2cncs2)no1. The molecule has 0 atom stereocenters. The predicted molar refractivity (Wildman–Crippen MR) is 55.8 cm³/mol.